The van der Waals surface area contributed by atoms with Crippen molar-refractivity contribution in [1.29, 1.82) is 0 Å². The van der Waals surface area contributed by atoms with Crippen LogP contribution in [0, 0.1) is 0 Å². The maximum atomic E-state index is 11.9. The van der Waals surface area contributed by atoms with Gasteiger partial charge in [-0.15, -0.1) is 0 Å². The second-order valence-corrected chi connectivity index (χ2v) is 4.79. The number of aliphatic hydroxyl groups is 2. The Bertz CT molecular complexity index is 403. The zero-order valence-corrected chi connectivity index (χ0v) is 11.7. The minimum atomic E-state index is 0.00320. The molecule has 0 saturated carbocycles. The molecule has 1 rings (SSSR count). The molecular weight excluding hydrogens is 256 g/mol. The number of rotatable bonds is 10. The average molecular weight is 278 g/mol. The summed E-state index contributed by atoms with van der Waals surface area (Å²) in [6.07, 6.45) is 3.33. The smallest absolute Gasteiger partial charge is 0.162 e. The van der Waals surface area contributed by atoms with Crippen LogP contribution in [0.3, 0.4) is 0 Å². The Balaban J connectivity index is 2.60. The summed E-state index contributed by atoms with van der Waals surface area (Å²) in [6.45, 7) is 0.188. The molecule has 0 atom stereocenters. The second kappa shape index (κ2) is 9.39. The number of hydrogen-bond acceptors (Lipinski definition) is 4. The van der Waals surface area contributed by atoms with Gasteiger partial charge in [0.1, 0.15) is 0 Å². The van der Waals surface area contributed by atoms with Gasteiger partial charge in [0.25, 0.3) is 0 Å². The van der Waals surface area contributed by atoms with Gasteiger partial charge in [-0.05, 0) is 31.7 Å². The molecule has 0 bridgehead atoms. The maximum Gasteiger partial charge on any atom is 0.162 e. The Kier molecular flexibility index (Phi) is 7.77. The lowest BCUT2D eigenvalue weighted by atomic mass is 9.99. The highest BCUT2D eigenvalue weighted by Gasteiger charge is 2.10. The Labute approximate surface area is 119 Å². The topological polar surface area (TPSA) is 74.6 Å². The van der Waals surface area contributed by atoms with E-state index < -0.39 is 0 Å². The van der Waals surface area contributed by atoms with Gasteiger partial charge in [-0.1, -0.05) is 18.2 Å². The van der Waals surface area contributed by atoms with Crippen LogP contribution in [0.25, 0.3) is 0 Å². The first-order valence-corrected chi connectivity index (χ1v) is 7.07. The van der Waals surface area contributed by atoms with Crippen LogP contribution in [0.15, 0.2) is 24.3 Å². The quantitative estimate of drug-likeness (QED) is 0.509. The zero-order chi connectivity index (χ0) is 14.8. The van der Waals surface area contributed by atoms with Crippen molar-refractivity contribution in [2.75, 3.05) is 13.2 Å². The first-order chi connectivity index (χ1) is 9.69. The third-order valence-corrected chi connectivity index (χ3v) is 3.13. The van der Waals surface area contributed by atoms with Crippen molar-refractivity contribution in [3.63, 3.8) is 0 Å². The number of aliphatic hydroxyl groups excluding tert-OH is 2. The summed E-state index contributed by atoms with van der Waals surface area (Å²) in [6, 6.07) is 6.79. The van der Waals surface area contributed by atoms with Crippen LogP contribution in [0.1, 0.15) is 59.2 Å². The fourth-order valence-corrected chi connectivity index (χ4v) is 1.95. The van der Waals surface area contributed by atoms with Crippen LogP contribution in [0.2, 0.25) is 0 Å². The summed E-state index contributed by atoms with van der Waals surface area (Å²) in [5, 5.41) is 17.4. The van der Waals surface area contributed by atoms with Crippen LogP contribution in [0.4, 0.5) is 0 Å². The van der Waals surface area contributed by atoms with Crippen molar-refractivity contribution in [1.82, 2.24) is 0 Å². The highest BCUT2D eigenvalue weighted by Crippen LogP contribution is 2.13. The van der Waals surface area contributed by atoms with Gasteiger partial charge < -0.3 is 10.2 Å². The minimum absolute atomic E-state index is 0.00320. The summed E-state index contributed by atoms with van der Waals surface area (Å²) < 4.78 is 0. The van der Waals surface area contributed by atoms with E-state index in [4.69, 9.17) is 10.2 Å². The van der Waals surface area contributed by atoms with Crippen molar-refractivity contribution in [3.8, 4) is 0 Å². The van der Waals surface area contributed by atoms with Gasteiger partial charge in [-0.2, -0.15) is 0 Å². The van der Waals surface area contributed by atoms with Gasteiger partial charge in [0.2, 0.25) is 0 Å². The molecule has 2 N–H and O–H groups in total. The molecule has 0 amide bonds. The molecule has 1 aromatic carbocycles. The van der Waals surface area contributed by atoms with Crippen LogP contribution in [0.5, 0.6) is 0 Å². The number of carbonyl (C=O) groups is 2. The number of Topliss-reactive ketones (excluding diaryl/α,β-unsaturated/α-hetero) is 2. The van der Waals surface area contributed by atoms with E-state index in [2.05, 4.69) is 0 Å². The molecule has 4 nitrogen and oxygen atoms in total. The molecule has 0 heterocycles. The second-order valence-electron chi connectivity index (χ2n) is 4.79. The van der Waals surface area contributed by atoms with Crippen molar-refractivity contribution in [2.45, 2.75) is 38.5 Å². The highest BCUT2D eigenvalue weighted by atomic mass is 16.3. The Morgan fingerprint density at radius 2 is 1.25 bits per heavy atom. The van der Waals surface area contributed by atoms with E-state index in [9.17, 15) is 9.59 Å². The molecule has 0 saturated heterocycles. The number of hydrogen-bond donors (Lipinski definition) is 2. The molecule has 1 aromatic rings. The van der Waals surface area contributed by atoms with Crippen molar-refractivity contribution in [2.24, 2.45) is 0 Å². The summed E-state index contributed by atoms with van der Waals surface area (Å²) in [7, 11) is 0. The summed E-state index contributed by atoms with van der Waals surface area (Å²) in [4.78, 5) is 23.9. The van der Waals surface area contributed by atoms with Gasteiger partial charge in [-0.3, -0.25) is 9.59 Å². The molecule has 0 fully saturated rings. The molecule has 0 aromatic heterocycles. The van der Waals surface area contributed by atoms with Gasteiger partial charge >= 0.3 is 0 Å². The molecule has 0 spiro atoms. The number of carbonyl (C=O) groups excluding carboxylic acids is 2. The molecule has 0 aliphatic rings. The lowest BCUT2D eigenvalue weighted by Crippen LogP contribution is -2.04. The molecule has 110 valence electrons. The monoisotopic (exact) mass is 278 g/mol. The molecule has 4 heteroatoms. The van der Waals surface area contributed by atoms with Gasteiger partial charge in [-0.25, -0.2) is 0 Å². The van der Waals surface area contributed by atoms with E-state index in [-0.39, 0.29) is 24.8 Å². The van der Waals surface area contributed by atoms with Crippen LogP contribution in [-0.2, 0) is 0 Å². The highest BCUT2D eigenvalue weighted by molar-refractivity contribution is 6.01. The van der Waals surface area contributed by atoms with Gasteiger partial charge in [0.05, 0.1) is 0 Å². The number of benzene rings is 1. The van der Waals surface area contributed by atoms with E-state index in [1.54, 1.807) is 24.3 Å². The molecular formula is C16H22O4. The zero-order valence-electron chi connectivity index (χ0n) is 11.7. The predicted molar refractivity (Wildman–Crippen MR) is 77.0 cm³/mol. The van der Waals surface area contributed by atoms with Crippen LogP contribution in [-0.4, -0.2) is 35.0 Å². The minimum Gasteiger partial charge on any atom is -0.396 e. The normalized spacial score (nSPS) is 10.5. The predicted octanol–water partition coefficient (Wildman–Crippen LogP) is 2.38. The lowest BCUT2D eigenvalue weighted by Gasteiger charge is -2.04. The SMILES string of the molecule is O=C(CCCCO)c1cccc(C(=O)CCCCO)c1. The van der Waals surface area contributed by atoms with Gasteiger partial charge in [0, 0.05) is 37.2 Å². The Morgan fingerprint density at radius 1 is 0.800 bits per heavy atom. The average Bonchev–Trinajstić information content (AvgIpc) is 2.47. The fraction of sp³-hybridized carbons (Fsp3) is 0.500. The van der Waals surface area contributed by atoms with E-state index in [1.165, 1.54) is 0 Å². The van der Waals surface area contributed by atoms with Crippen LogP contribution < -0.4 is 0 Å². The molecule has 20 heavy (non-hydrogen) atoms. The lowest BCUT2D eigenvalue weighted by molar-refractivity contribution is 0.0976. The summed E-state index contributed by atoms with van der Waals surface area (Å²) in [5.74, 6) is 0.00640. The first-order valence-electron chi connectivity index (χ1n) is 7.07. The number of ketones is 2. The summed E-state index contributed by atoms with van der Waals surface area (Å²) >= 11 is 0. The van der Waals surface area contributed by atoms with E-state index in [1.807, 2.05) is 0 Å². The van der Waals surface area contributed by atoms with E-state index in [0.717, 1.165) is 0 Å². The van der Waals surface area contributed by atoms with E-state index in [0.29, 0.717) is 49.7 Å². The van der Waals surface area contributed by atoms with Crippen molar-refractivity contribution < 1.29 is 19.8 Å². The Morgan fingerprint density at radius 3 is 1.65 bits per heavy atom. The Hall–Kier alpha value is -1.52. The van der Waals surface area contributed by atoms with Crippen LogP contribution >= 0.6 is 0 Å². The summed E-state index contributed by atoms with van der Waals surface area (Å²) in [5.41, 5.74) is 1.10. The molecule has 0 aliphatic heterocycles. The van der Waals surface area contributed by atoms with E-state index >= 15 is 0 Å². The molecule has 0 radical (unpaired) electrons. The third-order valence-electron chi connectivity index (χ3n) is 3.13. The van der Waals surface area contributed by atoms with Crippen molar-refractivity contribution in [3.05, 3.63) is 35.4 Å². The van der Waals surface area contributed by atoms with Crippen molar-refractivity contribution >= 4 is 11.6 Å². The largest absolute Gasteiger partial charge is 0.396 e. The fourth-order valence-electron chi connectivity index (χ4n) is 1.95. The third kappa shape index (κ3) is 5.63. The standard InChI is InChI=1S/C16H22O4/c17-10-3-1-8-15(19)13-6-5-7-14(12-13)16(20)9-2-4-11-18/h5-7,12,17-18H,1-4,8-11H2. The molecule has 0 unspecified atom stereocenters. The molecule has 0 aliphatic carbocycles. The first kappa shape index (κ1) is 16.5. The van der Waals surface area contributed by atoms with Gasteiger partial charge in [0.15, 0.2) is 11.6 Å². The number of unbranched alkanes of at least 4 members (excludes halogenated alkanes) is 2. The maximum absolute atomic E-state index is 11.9.